The number of anilines is 2. The highest BCUT2D eigenvalue weighted by atomic mass is 32.1. The summed E-state index contributed by atoms with van der Waals surface area (Å²) in [6, 6.07) is 8.01. The lowest BCUT2D eigenvalue weighted by Gasteiger charge is -2.14. The first-order valence-corrected chi connectivity index (χ1v) is 7.51. The van der Waals surface area contributed by atoms with Gasteiger partial charge in [-0.05, 0) is 19.4 Å². The van der Waals surface area contributed by atoms with Gasteiger partial charge in [0.2, 0.25) is 0 Å². The number of nitrogens with one attached hydrogen (secondary N) is 1. The molecule has 0 fully saturated rings. The molecule has 0 saturated heterocycles. The topological polar surface area (TPSA) is 71.2 Å². The Hall–Kier alpha value is -2.08. The van der Waals surface area contributed by atoms with Crippen molar-refractivity contribution in [3.8, 4) is 0 Å². The zero-order valence-corrected chi connectivity index (χ0v) is 13.5. The van der Waals surface area contributed by atoms with Crippen molar-refractivity contribution in [2.45, 2.75) is 19.9 Å². The highest BCUT2D eigenvalue weighted by Gasteiger charge is 2.19. The normalized spacial score (nSPS) is 12.0. The molecule has 2 aromatic rings. The molecule has 112 valence electrons. The number of aromatic nitrogens is 1. The van der Waals surface area contributed by atoms with Crippen molar-refractivity contribution >= 4 is 28.2 Å². The van der Waals surface area contributed by atoms with Crippen LogP contribution in [0.1, 0.15) is 33.8 Å². The fourth-order valence-corrected chi connectivity index (χ4v) is 2.69. The number of benzene rings is 1. The van der Waals surface area contributed by atoms with E-state index in [4.69, 9.17) is 5.73 Å². The first-order chi connectivity index (χ1) is 9.88. The van der Waals surface area contributed by atoms with Gasteiger partial charge in [-0.1, -0.05) is 41.2 Å². The fourth-order valence-electron chi connectivity index (χ4n) is 1.87. The summed E-state index contributed by atoms with van der Waals surface area (Å²) in [5.41, 5.74) is 8.08. The number of nitrogen functional groups attached to an aromatic ring is 1. The number of hydrogen-bond donors (Lipinski definition) is 2. The van der Waals surface area contributed by atoms with Gasteiger partial charge in [0.25, 0.3) is 5.91 Å². The second-order valence-electron chi connectivity index (χ2n) is 5.21. The summed E-state index contributed by atoms with van der Waals surface area (Å²) in [5, 5.41) is 3.68. The van der Waals surface area contributed by atoms with Crippen LogP contribution in [0.15, 0.2) is 24.3 Å². The fraction of sp³-hybridized carbons (Fsp3) is 0.333. The molecule has 0 saturated carbocycles. The number of aryl methyl sites for hydroxylation is 1. The molecule has 1 aromatic carbocycles. The minimum atomic E-state index is -0.189. The van der Waals surface area contributed by atoms with E-state index in [9.17, 15) is 4.79 Å². The molecular weight excluding hydrogens is 284 g/mol. The van der Waals surface area contributed by atoms with Gasteiger partial charge in [0.15, 0.2) is 5.13 Å². The Labute approximate surface area is 128 Å². The van der Waals surface area contributed by atoms with E-state index in [1.807, 2.05) is 57.1 Å². The quantitative estimate of drug-likeness (QED) is 0.911. The van der Waals surface area contributed by atoms with Crippen molar-refractivity contribution in [2.75, 3.05) is 24.7 Å². The first kappa shape index (κ1) is 15.3. The zero-order valence-electron chi connectivity index (χ0n) is 12.7. The molecule has 1 atom stereocenters. The molecule has 0 aliphatic carbocycles. The van der Waals surface area contributed by atoms with Crippen LogP contribution in [0.25, 0.3) is 0 Å². The molecule has 1 amide bonds. The Morgan fingerprint density at radius 3 is 2.48 bits per heavy atom. The van der Waals surface area contributed by atoms with Crippen molar-refractivity contribution in [1.82, 2.24) is 10.3 Å². The van der Waals surface area contributed by atoms with Gasteiger partial charge >= 0.3 is 0 Å². The van der Waals surface area contributed by atoms with Crippen molar-refractivity contribution in [3.63, 3.8) is 0 Å². The molecule has 0 bridgehead atoms. The van der Waals surface area contributed by atoms with Gasteiger partial charge in [-0.25, -0.2) is 4.98 Å². The predicted octanol–water partition coefficient (Wildman–Crippen LogP) is 2.59. The molecule has 6 heteroatoms. The van der Waals surface area contributed by atoms with Crippen molar-refractivity contribution in [3.05, 3.63) is 40.3 Å². The second-order valence-corrected chi connectivity index (χ2v) is 6.19. The number of amides is 1. The first-order valence-electron chi connectivity index (χ1n) is 6.69. The van der Waals surface area contributed by atoms with Crippen LogP contribution in [0.5, 0.6) is 0 Å². The summed E-state index contributed by atoms with van der Waals surface area (Å²) in [7, 11) is 3.74. The van der Waals surface area contributed by atoms with Gasteiger partial charge in [-0.3, -0.25) is 4.79 Å². The van der Waals surface area contributed by atoms with Gasteiger partial charge < -0.3 is 16.0 Å². The summed E-state index contributed by atoms with van der Waals surface area (Å²) in [4.78, 5) is 18.8. The molecular formula is C15H20N4OS. The van der Waals surface area contributed by atoms with Gasteiger partial charge in [0.1, 0.15) is 10.7 Å². The number of rotatable bonds is 4. The van der Waals surface area contributed by atoms with E-state index in [2.05, 4.69) is 10.3 Å². The Morgan fingerprint density at radius 2 is 1.95 bits per heavy atom. The average molecular weight is 304 g/mol. The molecule has 1 aromatic heterocycles. The summed E-state index contributed by atoms with van der Waals surface area (Å²) in [6.45, 7) is 3.99. The summed E-state index contributed by atoms with van der Waals surface area (Å²) >= 11 is 1.29. The van der Waals surface area contributed by atoms with Crippen LogP contribution in [0.3, 0.4) is 0 Å². The maximum atomic E-state index is 12.3. The smallest absolute Gasteiger partial charge is 0.265 e. The average Bonchev–Trinajstić information content (AvgIpc) is 2.81. The molecule has 2 rings (SSSR count). The van der Waals surface area contributed by atoms with E-state index in [1.54, 1.807) is 0 Å². The number of carbonyl (C=O) groups excluding carboxylic acids is 1. The molecule has 1 unspecified atom stereocenters. The number of hydrogen-bond acceptors (Lipinski definition) is 5. The molecule has 3 N–H and O–H groups in total. The Balaban J connectivity index is 2.12. The molecule has 0 radical (unpaired) electrons. The van der Waals surface area contributed by atoms with Gasteiger partial charge in [0.05, 0.1) is 6.04 Å². The van der Waals surface area contributed by atoms with E-state index in [-0.39, 0.29) is 17.8 Å². The lowest BCUT2D eigenvalue weighted by Crippen LogP contribution is -2.26. The summed E-state index contributed by atoms with van der Waals surface area (Å²) < 4.78 is 0. The maximum absolute atomic E-state index is 12.3. The van der Waals surface area contributed by atoms with Crippen LogP contribution in [0.2, 0.25) is 0 Å². The SMILES string of the molecule is Cc1ccc(C(C)NC(=O)c2sc(N(C)C)nc2N)cc1. The molecule has 5 nitrogen and oxygen atoms in total. The van der Waals surface area contributed by atoms with E-state index < -0.39 is 0 Å². The second kappa shape index (κ2) is 6.13. The molecule has 0 aliphatic rings. The molecule has 1 heterocycles. The lowest BCUT2D eigenvalue weighted by molar-refractivity contribution is 0.0944. The van der Waals surface area contributed by atoms with Crippen LogP contribution < -0.4 is 16.0 Å². The number of nitrogens with two attached hydrogens (primary N) is 1. The lowest BCUT2D eigenvalue weighted by atomic mass is 10.1. The van der Waals surface area contributed by atoms with Crippen LogP contribution >= 0.6 is 11.3 Å². The highest BCUT2D eigenvalue weighted by molar-refractivity contribution is 7.18. The van der Waals surface area contributed by atoms with Crippen LogP contribution in [-0.4, -0.2) is 25.0 Å². The zero-order chi connectivity index (χ0) is 15.6. The minimum absolute atomic E-state index is 0.0811. The molecule has 0 aliphatic heterocycles. The maximum Gasteiger partial charge on any atom is 0.265 e. The Morgan fingerprint density at radius 1 is 1.33 bits per heavy atom. The standard InChI is InChI=1S/C15H20N4OS/c1-9-5-7-11(8-6-9)10(2)17-14(20)12-13(16)18-15(21-12)19(3)4/h5-8,10H,16H2,1-4H3,(H,17,20). The van der Waals surface area contributed by atoms with E-state index in [1.165, 1.54) is 16.9 Å². The van der Waals surface area contributed by atoms with Crippen LogP contribution in [-0.2, 0) is 0 Å². The third-order valence-corrected chi connectivity index (χ3v) is 4.39. The highest BCUT2D eigenvalue weighted by Crippen LogP contribution is 2.27. The Bertz CT molecular complexity index is 634. The molecule has 0 spiro atoms. The van der Waals surface area contributed by atoms with Crippen molar-refractivity contribution in [2.24, 2.45) is 0 Å². The number of nitrogens with zero attached hydrogens (tertiary/aromatic N) is 2. The van der Waals surface area contributed by atoms with E-state index in [0.29, 0.717) is 4.88 Å². The predicted molar refractivity (Wildman–Crippen MR) is 87.9 cm³/mol. The van der Waals surface area contributed by atoms with Crippen LogP contribution in [0, 0.1) is 6.92 Å². The monoisotopic (exact) mass is 304 g/mol. The van der Waals surface area contributed by atoms with Crippen molar-refractivity contribution < 1.29 is 4.79 Å². The number of carbonyl (C=O) groups is 1. The summed E-state index contributed by atoms with van der Waals surface area (Å²) in [6.07, 6.45) is 0. The van der Waals surface area contributed by atoms with Crippen molar-refractivity contribution in [1.29, 1.82) is 0 Å². The van der Waals surface area contributed by atoms with Gasteiger partial charge in [0, 0.05) is 14.1 Å². The minimum Gasteiger partial charge on any atom is -0.382 e. The van der Waals surface area contributed by atoms with E-state index in [0.717, 1.165) is 10.7 Å². The largest absolute Gasteiger partial charge is 0.382 e. The summed E-state index contributed by atoms with van der Waals surface area (Å²) in [5.74, 6) is 0.0866. The third-order valence-electron chi connectivity index (χ3n) is 3.16. The van der Waals surface area contributed by atoms with Crippen LogP contribution in [0.4, 0.5) is 10.9 Å². The van der Waals surface area contributed by atoms with Gasteiger partial charge in [-0.15, -0.1) is 0 Å². The number of thiazole rings is 1. The Kier molecular flexibility index (Phi) is 4.47. The van der Waals surface area contributed by atoms with E-state index >= 15 is 0 Å². The third kappa shape index (κ3) is 3.52. The van der Waals surface area contributed by atoms with Gasteiger partial charge in [-0.2, -0.15) is 0 Å². The molecule has 21 heavy (non-hydrogen) atoms.